The lowest BCUT2D eigenvalue weighted by molar-refractivity contribution is -0.563. The van der Waals surface area contributed by atoms with E-state index in [1.54, 1.807) is 0 Å². The van der Waals surface area contributed by atoms with E-state index < -0.39 is 0 Å². The van der Waals surface area contributed by atoms with E-state index in [0.717, 1.165) is 19.0 Å². The van der Waals surface area contributed by atoms with Crippen LogP contribution in [0.15, 0.2) is 0 Å². The Morgan fingerprint density at radius 2 is 2.23 bits per heavy atom. The lowest BCUT2D eigenvalue weighted by atomic mass is 10.1. The summed E-state index contributed by atoms with van der Waals surface area (Å²) in [6.45, 7) is 10.9. The third-order valence-electron chi connectivity index (χ3n) is 2.79. The van der Waals surface area contributed by atoms with Crippen LogP contribution < -0.4 is 0 Å². The lowest BCUT2D eigenvalue weighted by Gasteiger charge is -2.11. The summed E-state index contributed by atoms with van der Waals surface area (Å²) in [6.07, 6.45) is 2.53. The van der Waals surface area contributed by atoms with E-state index >= 15 is 0 Å². The lowest BCUT2D eigenvalue weighted by Crippen LogP contribution is -2.31. The Morgan fingerprint density at radius 1 is 1.54 bits per heavy atom. The van der Waals surface area contributed by atoms with Gasteiger partial charge in [0, 0.05) is 12.3 Å². The van der Waals surface area contributed by atoms with Gasteiger partial charge in [0.1, 0.15) is 6.54 Å². The van der Waals surface area contributed by atoms with Crippen LogP contribution >= 0.6 is 0 Å². The van der Waals surface area contributed by atoms with Gasteiger partial charge in [0.25, 0.3) is 0 Å². The summed E-state index contributed by atoms with van der Waals surface area (Å²) >= 11 is 0. The van der Waals surface area contributed by atoms with Crippen LogP contribution in [0.1, 0.15) is 40.5 Å². The molecule has 0 saturated heterocycles. The number of hydrogen-bond donors (Lipinski definition) is 0. The van der Waals surface area contributed by atoms with Crippen molar-refractivity contribution in [1.82, 2.24) is 0 Å². The van der Waals surface area contributed by atoms with Crippen LogP contribution in [0.3, 0.4) is 0 Å². The molecule has 0 fully saturated rings. The highest BCUT2D eigenvalue weighted by atomic mass is 16.5. The van der Waals surface area contributed by atoms with Crippen LogP contribution in [0, 0.1) is 5.92 Å². The Bertz CT molecular complexity index is 196. The van der Waals surface area contributed by atoms with E-state index in [1.165, 1.54) is 12.8 Å². The predicted octanol–water partition coefficient (Wildman–Crippen LogP) is 2.27. The Balaban J connectivity index is 2.59. The molecule has 0 aromatic heterocycles. The number of rotatable bonds is 4. The first-order valence-corrected chi connectivity index (χ1v) is 5.39. The second-order valence-electron chi connectivity index (χ2n) is 4.19. The van der Waals surface area contributed by atoms with Gasteiger partial charge in [-0.25, -0.2) is 0 Å². The van der Waals surface area contributed by atoms with E-state index in [1.807, 2.05) is 0 Å². The molecule has 0 N–H and O–H groups in total. The van der Waals surface area contributed by atoms with Crippen molar-refractivity contribution in [1.29, 1.82) is 0 Å². The molecule has 0 bridgehead atoms. The zero-order chi connectivity index (χ0) is 9.84. The Morgan fingerprint density at radius 3 is 2.77 bits per heavy atom. The molecule has 0 amide bonds. The SMILES string of the molecule is CCCC[N+]1=C(C)OCC1C(C)C. The maximum atomic E-state index is 5.58. The summed E-state index contributed by atoms with van der Waals surface area (Å²) in [5.41, 5.74) is 0. The van der Waals surface area contributed by atoms with Gasteiger partial charge < -0.3 is 4.74 Å². The van der Waals surface area contributed by atoms with Gasteiger partial charge in [-0.15, -0.1) is 0 Å². The third-order valence-corrected chi connectivity index (χ3v) is 2.79. The molecule has 0 aromatic carbocycles. The maximum Gasteiger partial charge on any atom is 0.333 e. The summed E-state index contributed by atoms with van der Waals surface area (Å²) in [7, 11) is 0. The van der Waals surface area contributed by atoms with Gasteiger partial charge in [0.05, 0.1) is 6.92 Å². The van der Waals surface area contributed by atoms with Crippen LogP contribution in [0.5, 0.6) is 0 Å². The van der Waals surface area contributed by atoms with Gasteiger partial charge in [-0.2, -0.15) is 4.58 Å². The largest absolute Gasteiger partial charge is 0.441 e. The van der Waals surface area contributed by atoms with Gasteiger partial charge in [-0.3, -0.25) is 0 Å². The Kier molecular flexibility index (Phi) is 3.76. The summed E-state index contributed by atoms with van der Waals surface area (Å²) in [5, 5.41) is 0. The molecule has 13 heavy (non-hydrogen) atoms. The third kappa shape index (κ3) is 2.45. The van der Waals surface area contributed by atoms with E-state index in [9.17, 15) is 0 Å². The van der Waals surface area contributed by atoms with Crippen molar-refractivity contribution in [2.45, 2.75) is 46.6 Å². The van der Waals surface area contributed by atoms with Crippen LogP contribution in [0.25, 0.3) is 0 Å². The molecule has 1 heterocycles. The molecule has 1 aliphatic rings. The molecule has 76 valence electrons. The molecule has 2 nitrogen and oxygen atoms in total. The van der Waals surface area contributed by atoms with Crippen molar-refractivity contribution in [2.75, 3.05) is 13.2 Å². The first kappa shape index (κ1) is 10.6. The maximum absolute atomic E-state index is 5.58. The molecule has 0 aromatic rings. The van der Waals surface area contributed by atoms with Crippen LogP contribution in [0.2, 0.25) is 0 Å². The van der Waals surface area contributed by atoms with Gasteiger partial charge >= 0.3 is 5.90 Å². The normalized spacial score (nSPS) is 22.7. The number of hydrogen-bond acceptors (Lipinski definition) is 1. The summed E-state index contributed by atoms with van der Waals surface area (Å²) in [4.78, 5) is 0. The Labute approximate surface area is 81.6 Å². The highest BCUT2D eigenvalue weighted by molar-refractivity contribution is 5.68. The molecule has 0 radical (unpaired) electrons. The van der Waals surface area contributed by atoms with Gasteiger partial charge in [-0.05, 0) is 0 Å². The van der Waals surface area contributed by atoms with Crippen molar-refractivity contribution < 1.29 is 9.31 Å². The average Bonchev–Trinajstić information content (AvgIpc) is 2.43. The summed E-state index contributed by atoms with van der Waals surface area (Å²) < 4.78 is 8.00. The van der Waals surface area contributed by atoms with Gasteiger partial charge in [0.2, 0.25) is 0 Å². The molecule has 1 atom stereocenters. The summed E-state index contributed by atoms with van der Waals surface area (Å²) in [6, 6.07) is 0.603. The fourth-order valence-corrected chi connectivity index (χ4v) is 1.82. The molecule has 1 rings (SSSR count). The second-order valence-corrected chi connectivity index (χ2v) is 4.19. The molecule has 0 aliphatic carbocycles. The number of nitrogens with zero attached hydrogens (tertiary/aromatic N) is 1. The van der Waals surface area contributed by atoms with Crippen molar-refractivity contribution in [3.8, 4) is 0 Å². The minimum Gasteiger partial charge on any atom is -0.441 e. The van der Waals surface area contributed by atoms with Crippen molar-refractivity contribution in [2.24, 2.45) is 5.92 Å². The number of ether oxygens (including phenoxy) is 1. The first-order valence-electron chi connectivity index (χ1n) is 5.39. The van der Waals surface area contributed by atoms with Crippen LogP contribution in [-0.4, -0.2) is 29.7 Å². The Hall–Kier alpha value is -0.530. The molecule has 1 unspecified atom stereocenters. The number of unbranched alkanes of at least 4 members (excludes halogenated alkanes) is 1. The second kappa shape index (κ2) is 4.64. The van der Waals surface area contributed by atoms with Crippen molar-refractivity contribution >= 4 is 5.90 Å². The molecular weight excluding hydrogens is 162 g/mol. The van der Waals surface area contributed by atoms with Crippen LogP contribution in [0.4, 0.5) is 0 Å². The van der Waals surface area contributed by atoms with Gasteiger partial charge in [0.15, 0.2) is 12.6 Å². The zero-order valence-corrected chi connectivity index (χ0v) is 9.34. The zero-order valence-electron chi connectivity index (χ0n) is 9.34. The van der Waals surface area contributed by atoms with E-state index in [4.69, 9.17) is 4.74 Å². The van der Waals surface area contributed by atoms with E-state index in [-0.39, 0.29) is 0 Å². The minimum atomic E-state index is 0.603. The highest BCUT2D eigenvalue weighted by Gasteiger charge is 2.33. The molecule has 2 heteroatoms. The first-order chi connectivity index (χ1) is 6.16. The molecule has 0 saturated carbocycles. The minimum absolute atomic E-state index is 0.603. The molecular formula is C11H22NO+. The monoisotopic (exact) mass is 184 g/mol. The smallest absolute Gasteiger partial charge is 0.333 e. The topological polar surface area (TPSA) is 12.2 Å². The molecule has 0 spiro atoms. The highest BCUT2D eigenvalue weighted by Crippen LogP contribution is 2.14. The van der Waals surface area contributed by atoms with E-state index in [2.05, 4.69) is 32.3 Å². The van der Waals surface area contributed by atoms with E-state index in [0.29, 0.717) is 12.0 Å². The fourth-order valence-electron chi connectivity index (χ4n) is 1.82. The van der Waals surface area contributed by atoms with Crippen molar-refractivity contribution in [3.63, 3.8) is 0 Å². The quantitative estimate of drug-likeness (QED) is 0.610. The summed E-state index contributed by atoms with van der Waals surface area (Å²) in [5.74, 6) is 1.81. The predicted molar refractivity (Wildman–Crippen MR) is 55.3 cm³/mol. The fraction of sp³-hybridized carbons (Fsp3) is 0.909. The van der Waals surface area contributed by atoms with Crippen LogP contribution in [-0.2, 0) is 4.74 Å². The van der Waals surface area contributed by atoms with Gasteiger partial charge in [-0.1, -0.05) is 27.2 Å². The molecule has 1 aliphatic heterocycles. The standard InChI is InChI=1S/C11H22NO/c1-5-6-7-12-10(4)13-8-11(12)9(2)3/h9,11H,5-8H2,1-4H3/q+1. The average molecular weight is 184 g/mol. The van der Waals surface area contributed by atoms with Crippen molar-refractivity contribution in [3.05, 3.63) is 0 Å².